The van der Waals surface area contributed by atoms with E-state index in [-0.39, 0.29) is 12.0 Å². The van der Waals surface area contributed by atoms with Crippen molar-refractivity contribution in [2.24, 2.45) is 0 Å². The van der Waals surface area contributed by atoms with Gasteiger partial charge in [0.05, 0.1) is 12.2 Å². The van der Waals surface area contributed by atoms with Gasteiger partial charge in [0.2, 0.25) is 5.91 Å². The van der Waals surface area contributed by atoms with Crippen LogP contribution in [0.5, 0.6) is 5.75 Å². The molecular formula is C27H36N4O2. The molecule has 0 unspecified atom stereocenters. The van der Waals surface area contributed by atoms with Crippen LogP contribution in [0.25, 0.3) is 22.2 Å². The number of nitrogens with zero attached hydrogens (tertiary/aromatic N) is 3. The van der Waals surface area contributed by atoms with Crippen LogP contribution in [0.2, 0.25) is 0 Å². The summed E-state index contributed by atoms with van der Waals surface area (Å²) in [5, 5.41) is 1.22. The smallest absolute Gasteiger partial charge is 0.236 e. The fourth-order valence-electron chi connectivity index (χ4n) is 4.78. The van der Waals surface area contributed by atoms with Crippen molar-refractivity contribution in [2.45, 2.75) is 52.6 Å². The van der Waals surface area contributed by atoms with Gasteiger partial charge in [0.25, 0.3) is 0 Å². The van der Waals surface area contributed by atoms with E-state index in [1.807, 2.05) is 27.9 Å². The van der Waals surface area contributed by atoms with E-state index in [1.54, 1.807) is 4.90 Å². The Kier molecular flexibility index (Phi) is 6.75. The number of aryl methyl sites for hydroxylation is 2. The summed E-state index contributed by atoms with van der Waals surface area (Å²) >= 11 is 0. The summed E-state index contributed by atoms with van der Waals surface area (Å²) in [6.45, 7) is 10.8. The highest BCUT2D eigenvalue weighted by atomic mass is 16.5. The van der Waals surface area contributed by atoms with Gasteiger partial charge in [-0.2, -0.15) is 0 Å². The Morgan fingerprint density at radius 2 is 1.82 bits per heavy atom. The van der Waals surface area contributed by atoms with Gasteiger partial charge in [-0.3, -0.25) is 14.7 Å². The Morgan fingerprint density at radius 1 is 1.15 bits per heavy atom. The third kappa shape index (κ3) is 5.22. The van der Waals surface area contributed by atoms with Crippen LogP contribution in [-0.2, 0) is 4.79 Å². The number of ether oxygens (including phenoxy) is 1. The second kappa shape index (κ2) is 9.56. The van der Waals surface area contributed by atoms with Gasteiger partial charge in [-0.1, -0.05) is 13.8 Å². The summed E-state index contributed by atoms with van der Waals surface area (Å²) in [4.78, 5) is 24.1. The van der Waals surface area contributed by atoms with E-state index in [0.717, 1.165) is 48.6 Å². The number of hydrogen-bond donors (Lipinski definition) is 1. The number of likely N-dealkylation sites (tertiary alicyclic amines) is 1. The van der Waals surface area contributed by atoms with E-state index in [0.29, 0.717) is 12.5 Å². The lowest BCUT2D eigenvalue weighted by atomic mass is 9.96. The number of piperidine rings is 1. The maximum Gasteiger partial charge on any atom is 0.236 e. The van der Waals surface area contributed by atoms with Gasteiger partial charge < -0.3 is 14.6 Å². The van der Waals surface area contributed by atoms with Crippen LogP contribution in [0.15, 0.2) is 30.3 Å². The van der Waals surface area contributed by atoms with Crippen LogP contribution in [-0.4, -0.2) is 65.5 Å². The zero-order valence-electron chi connectivity index (χ0n) is 20.7. The summed E-state index contributed by atoms with van der Waals surface area (Å²) in [5.41, 5.74) is 6.86. The highest BCUT2D eigenvalue weighted by Crippen LogP contribution is 2.37. The maximum atomic E-state index is 12.0. The third-order valence-electron chi connectivity index (χ3n) is 6.45. The predicted octanol–water partition coefficient (Wildman–Crippen LogP) is 4.90. The molecule has 3 heterocycles. The van der Waals surface area contributed by atoms with Gasteiger partial charge in [-0.05, 0) is 68.5 Å². The monoisotopic (exact) mass is 448 g/mol. The molecule has 176 valence electrons. The number of fused-ring (bicyclic) bond motifs is 1. The lowest BCUT2D eigenvalue weighted by Gasteiger charge is -2.32. The number of likely N-dealkylation sites (N-methyl/N-ethyl adjacent to an activating group) is 1. The third-order valence-corrected chi connectivity index (χ3v) is 6.45. The molecule has 4 rings (SSSR count). The van der Waals surface area contributed by atoms with Crippen LogP contribution in [0, 0.1) is 13.8 Å². The summed E-state index contributed by atoms with van der Waals surface area (Å²) in [6.07, 6.45) is 2.05. The molecule has 1 fully saturated rings. The molecule has 1 aromatic carbocycles. The first-order chi connectivity index (χ1) is 15.7. The Bertz CT molecular complexity index is 1120. The Labute approximate surface area is 196 Å². The molecule has 3 aromatic rings. The normalized spacial score (nSPS) is 15.4. The summed E-state index contributed by atoms with van der Waals surface area (Å²) < 4.78 is 6.41. The van der Waals surface area contributed by atoms with Crippen molar-refractivity contribution in [1.29, 1.82) is 0 Å². The van der Waals surface area contributed by atoms with Crippen LogP contribution in [0.3, 0.4) is 0 Å². The van der Waals surface area contributed by atoms with Gasteiger partial charge >= 0.3 is 0 Å². The second-order valence-corrected chi connectivity index (χ2v) is 9.80. The Hall–Kier alpha value is -2.86. The van der Waals surface area contributed by atoms with Gasteiger partial charge in [0.15, 0.2) is 0 Å². The van der Waals surface area contributed by atoms with E-state index < -0.39 is 0 Å². The summed E-state index contributed by atoms with van der Waals surface area (Å²) in [5.74, 6) is 1.44. The number of H-pyrrole nitrogens is 1. The number of carbonyl (C=O) groups is 1. The highest BCUT2D eigenvalue weighted by molar-refractivity contribution is 5.92. The van der Waals surface area contributed by atoms with Crippen LogP contribution < -0.4 is 4.74 Å². The standard InChI is InChI=1S/C27H36N4O2/c1-17(2)26-23-15-22(33-21-9-11-31(12-10-21)16-25(32)30(5)6)7-8-24(23)29-27(26)20-13-18(3)28-19(4)14-20/h7-8,13-15,17,21,29H,9-12,16H2,1-6H3. The van der Waals surface area contributed by atoms with Crippen molar-refractivity contribution >= 4 is 16.8 Å². The molecular weight excluding hydrogens is 412 g/mol. The highest BCUT2D eigenvalue weighted by Gasteiger charge is 2.23. The number of aromatic amines is 1. The molecule has 0 aliphatic carbocycles. The second-order valence-electron chi connectivity index (χ2n) is 9.80. The average molecular weight is 449 g/mol. The number of amides is 1. The molecule has 1 saturated heterocycles. The fourth-order valence-corrected chi connectivity index (χ4v) is 4.78. The summed E-state index contributed by atoms with van der Waals surface area (Å²) in [6, 6.07) is 10.7. The number of pyridine rings is 1. The first-order valence-electron chi connectivity index (χ1n) is 11.9. The molecule has 2 aromatic heterocycles. The summed E-state index contributed by atoms with van der Waals surface area (Å²) in [7, 11) is 3.62. The Balaban J connectivity index is 1.54. The minimum Gasteiger partial charge on any atom is -0.490 e. The molecule has 1 amide bonds. The van der Waals surface area contributed by atoms with E-state index in [1.165, 1.54) is 22.2 Å². The van der Waals surface area contributed by atoms with Crippen LogP contribution in [0.1, 0.15) is 49.6 Å². The molecule has 0 spiro atoms. The zero-order chi connectivity index (χ0) is 23.7. The minimum absolute atomic E-state index is 0.156. The molecule has 1 aliphatic rings. The molecule has 6 heteroatoms. The molecule has 33 heavy (non-hydrogen) atoms. The quantitative estimate of drug-likeness (QED) is 0.583. The lowest BCUT2D eigenvalue weighted by molar-refractivity contribution is -0.130. The first kappa shape index (κ1) is 23.3. The average Bonchev–Trinajstić information content (AvgIpc) is 3.13. The van der Waals surface area contributed by atoms with Gasteiger partial charge in [-0.15, -0.1) is 0 Å². The molecule has 0 atom stereocenters. The Morgan fingerprint density at radius 3 is 2.42 bits per heavy atom. The van der Waals surface area contributed by atoms with Crippen molar-refractivity contribution in [3.8, 4) is 17.0 Å². The number of hydrogen-bond acceptors (Lipinski definition) is 4. The van der Waals surface area contributed by atoms with E-state index in [2.05, 4.69) is 59.0 Å². The van der Waals surface area contributed by atoms with Crippen molar-refractivity contribution in [1.82, 2.24) is 19.8 Å². The van der Waals surface area contributed by atoms with Crippen LogP contribution >= 0.6 is 0 Å². The van der Waals surface area contributed by atoms with Gasteiger partial charge in [-0.25, -0.2) is 0 Å². The molecule has 0 radical (unpaired) electrons. The minimum atomic E-state index is 0.156. The maximum absolute atomic E-state index is 12.0. The molecule has 1 N–H and O–H groups in total. The largest absolute Gasteiger partial charge is 0.490 e. The number of benzene rings is 1. The number of rotatable bonds is 6. The topological polar surface area (TPSA) is 61.5 Å². The van der Waals surface area contributed by atoms with E-state index in [4.69, 9.17) is 4.74 Å². The first-order valence-corrected chi connectivity index (χ1v) is 11.9. The SMILES string of the molecule is Cc1cc(-c2[nH]c3ccc(OC4CCN(CC(=O)N(C)C)CC4)cc3c2C(C)C)cc(C)n1. The number of aromatic nitrogens is 2. The van der Waals surface area contributed by atoms with E-state index in [9.17, 15) is 4.79 Å². The fraction of sp³-hybridized carbons (Fsp3) is 0.481. The van der Waals surface area contributed by atoms with Crippen molar-refractivity contribution in [2.75, 3.05) is 33.7 Å². The van der Waals surface area contributed by atoms with Gasteiger partial charge in [0.1, 0.15) is 11.9 Å². The predicted molar refractivity (Wildman–Crippen MR) is 134 cm³/mol. The van der Waals surface area contributed by atoms with Crippen molar-refractivity contribution < 1.29 is 9.53 Å². The number of nitrogens with one attached hydrogen (secondary N) is 1. The zero-order valence-corrected chi connectivity index (χ0v) is 20.7. The number of carbonyl (C=O) groups excluding carboxylic acids is 1. The lowest BCUT2D eigenvalue weighted by Crippen LogP contribution is -2.43. The molecule has 6 nitrogen and oxygen atoms in total. The van der Waals surface area contributed by atoms with Gasteiger partial charge in [0, 0.05) is 55.0 Å². The van der Waals surface area contributed by atoms with Crippen molar-refractivity contribution in [3.05, 3.63) is 47.3 Å². The molecule has 0 saturated carbocycles. The van der Waals surface area contributed by atoms with Crippen LogP contribution in [0.4, 0.5) is 0 Å². The van der Waals surface area contributed by atoms with E-state index >= 15 is 0 Å². The molecule has 1 aliphatic heterocycles. The molecule has 0 bridgehead atoms. The van der Waals surface area contributed by atoms with Crippen molar-refractivity contribution in [3.63, 3.8) is 0 Å².